The minimum atomic E-state index is 0.508. The van der Waals surface area contributed by atoms with Crippen LogP contribution in [0.25, 0.3) is 11.1 Å². The molecule has 0 saturated heterocycles. The van der Waals surface area contributed by atoms with E-state index in [0.717, 1.165) is 16.7 Å². The molecule has 0 unspecified atom stereocenters. The van der Waals surface area contributed by atoms with Crippen LogP contribution in [0, 0.1) is 18.3 Å². The number of nitrogens with two attached hydrogens (primary N) is 1. The number of benzene rings is 1. The summed E-state index contributed by atoms with van der Waals surface area (Å²) >= 11 is 0. The van der Waals surface area contributed by atoms with Crippen molar-refractivity contribution < 1.29 is 4.74 Å². The molecule has 0 aliphatic rings. The highest BCUT2D eigenvalue weighted by molar-refractivity contribution is 5.72. The van der Waals surface area contributed by atoms with E-state index >= 15 is 0 Å². The summed E-state index contributed by atoms with van der Waals surface area (Å²) in [5.41, 5.74) is 8.91. The number of aryl methyl sites for hydroxylation is 1. The second-order valence-corrected chi connectivity index (χ2v) is 3.95. The molecule has 0 aliphatic heterocycles. The van der Waals surface area contributed by atoms with Gasteiger partial charge >= 0.3 is 0 Å². The number of nitrogens with zero attached hydrogens (tertiary/aromatic N) is 2. The number of pyridine rings is 1. The van der Waals surface area contributed by atoms with Gasteiger partial charge in [0.05, 0.1) is 18.7 Å². The molecule has 4 heteroatoms. The first-order chi connectivity index (χ1) is 8.65. The Balaban J connectivity index is 2.61. The zero-order valence-corrected chi connectivity index (χ0v) is 10.3. The molecule has 2 aromatic rings. The maximum Gasteiger partial charge on any atom is 0.126 e. The van der Waals surface area contributed by atoms with Gasteiger partial charge in [-0.2, -0.15) is 5.26 Å². The van der Waals surface area contributed by atoms with Crippen LogP contribution in [0.4, 0.5) is 5.82 Å². The molecule has 0 atom stereocenters. The Morgan fingerprint density at radius 1 is 1.33 bits per heavy atom. The van der Waals surface area contributed by atoms with Crippen LogP contribution in [0.3, 0.4) is 0 Å². The van der Waals surface area contributed by atoms with E-state index in [1.165, 1.54) is 0 Å². The summed E-state index contributed by atoms with van der Waals surface area (Å²) in [5.74, 6) is 1.22. The van der Waals surface area contributed by atoms with Crippen molar-refractivity contribution in [2.45, 2.75) is 6.92 Å². The number of methoxy groups -OCH3 is 1. The lowest BCUT2D eigenvalue weighted by molar-refractivity contribution is 0.416. The monoisotopic (exact) mass is 239 g/mol. The van der Waals surface area contributed by atoms with Gasteiger partial charge < -0.3 is 10.5 Å². The summed E-state index contributed by atoms with van der Waals surface area (Å²) in [6, 6.07) is 9.33. The molecule has 90 valence electrons. The third-order valence-corrected chi connectivity index (χ3v) is 2.76. The van der Waals surface area contributed by atoms with Gasteiger partial charge in [0.2, 0.25) is 0 Å². The Morgan fingerprint density at radius 2 is 2.11 bits per heavy atom. The average molecular weight is 239 g/mol. The normalized spacial score (nSPS) is 9.83. The summed E-state index contributed by atoms with van der Waals surface area (Å²) in [6.07, 6.45) is 1.68. The highest BCUT2D eigenvalue weighted by Gasteiger charge is 2.08. The van der Waals surface area contributed by atoms with Crippen molar-refractivity contribution >= 4 is 5.82 Å². The summed E-state index contributed by atoms with van der Waals surface area (Å²) in [5, 5.41) is 8.94. The Labute approximate surface area is 106 Å². The number of hydrogen-bond acceptors (Lipinski definition) is 4. The van der Waals surface area contributed by atoms with Gasteiger partial charge in [-0.25, -0.2) is 4.98 Å². The predicted octanol–water partition coefficient (Wildman–Crippen LogP) is 2.52. The van der Waals surface area contributed by atoms with Crippen molar-refractivity contribution in [2.75, 3.05) is 12.8 Å². The van der Waals surface area contributed by atoms with E-state index in [2.05, 4.69) is 11.1 Å². The molecular weight excluding hydrogens is 226 g/mol. The van der Waals surface area contributed by atoms with Crippen LogP contribution in [-0.4, -0.2) is 12.1 Å². The Hall–Kier alpha value is -2.54. The molecule has 2 rings (SSSR count). The molecule has 0 spiro atoms. The summed E-state index contributed by atoms with van der Waals surface area (Å²) in [4.78, 5) is 4.13. The minimum Gasteiger partial charge on any atom is -0.496 e. The Kier molecular flexibility index (Phi) is 3.16. The van der Waals surface area contributed by atoms with Crippen LogP contribution in [0.1, 0.15) is 11.1 Å². The van der Waals surface area contributed by atoms with Gasteiger partial charge in [0.25, 0.3) is 0 Å². The molecule has 0 aliphatic carbocycles. The van der Waals surface area contributed by atoms with Gasteiger partial charge in [-0.05, 0) is 36.8 Å². The van der Waals surface area contributed by atoms with Gasteiger partial charge in [0.1, 0.15) is 11.6 Å². The SMILES string of the molecule is COc1ccc(C#N)cc1-c1cnc(N)c(C)c1. The fourth-order valence-corrected chi connectivity index (χ4v) is 1.74. The first kappa shape index (κ1) is 11.9. The molecule has 0 bridgehead atoms. The van der Waals surface area contributed by atoms with Gasteiger partial charge in [0, 0.05) is 17.3 Å². The molecule has 1 aromatic heterocycles. The second-order valence-electron chi connectivity index (χ2n) is 3.95. The number of nitrogen functional groups attached to an aromatic ring is 1. The zero-order valence-electron chi connectivity index (χ0n) is 10.3. The van der Waals surface area contributed by atoms with E-state index in [0.29, 0.717) is 17.1 Å². The van der Waals surface area contributed by atoms with Crippen molar-refractivity contribution in [2.24, 2.45) is 0 Å². The maximum absolute atomic E-state index is 8.94. The number of ether oxygens (including phenoxy) is 1. The molecule has 0 fully saturated rings. The highest BCUT2D eigenvalue weighted by Crippen LogP contribution is 2.31. The van der Waals surface area contributed by atoms with E-state index in [-0.39, 0.29) is 0 Å². The molecule has 0 saturated carbocycles. The Morgan fingerprint density at radius 3 is 2.72 bits per heavy atom. The molecular formula is C14H13N3O. The lowest BCUT2D eigenvalue weighted by atomic mass is 10.0. The van der Waals surface area contributed by atoms with Gasteiger partial charge in [0.15, 0.2) is 0 Å². The van der Waals surface area contributed by atoms with Crippen LogP contribution >= 0.6 is 0 Å². The molecule has 2 N–H and O–H groups in total. The van der Waals surface area contributed by atoms with E-state index in [1.54, 1.807) is 31.5 Å². The van der Waals surface area contributed by atoms with Crippen LogP contribution < -0.4 is 10.5 Å². The van der Waals surface area contributed by atoms with Gasteiger partial charge in [-0.3, -0.25) is 0 Å². The molecule has 18 heavy (non-hydrogen) atoms. The lowest BCUT2D eigenvalue weighted by Crippen LogP contribution is -1.95. The number of anilines is 1. The van der Waals surface area contributed by atoms with Crippen molar-refractivity contribution in [1.29, 1.82) is 5.26 Å². The van der Waals surface area contributed by atoms with Crippen LogP contribution in [-0.2, 0) is 0 Å². The molecule has 4 nitrogen and oxygen atoms in total. The predicted molar refractivity (Wildman–Crippen MR) is 70.1 cm³/mol. The lowest BCUT2D eigenvalue weighted by Gasteiger charge is -2.10. The zero-order chi connectivity index (χ0) is 13.1. The number of hydrogen-bond donors (Lipinski definition) is 1. The van der Waals surface area contributed by atoms with Crippen molar-refractivity contribution in [3.63, 3.8) is 0 Å². The van der Waals surface area contributed by atoms with Crippen molar-refractivity contribution in [3.8, 4) is 22.9 Å². The Bertz CT molecular complexity index is 629. The fraction of sp³-hybridized carbons (Fsp3) is 0.143. The van der Waals surface area contributed by atoms with Crippen molar-refractivity contribution in [3.05, 3.63) is 41.6 Å². The van der Waals surface area contributed by atoms with Gasteiger partial charge in [-0.15, -0.1) is 0 Å². The van der Waals surface area contributed by atoms with Gasteiger partial charge in [-0.1, -0.05) is 0 Å². The summed E-state index contributed by atoms with van der Waals surface area (Å²) < 4.78 is 5.30. The minimum absolute atomic E-state index is 0.508. The van der Waals surface area contributed by atoms with E-state index < -0.39 is 0 Å². The van der Waals surface area contributed by atoms with Crippen LogP contribution in [0.15, 0.2) is 30.5 Å². The third-order valence-electron chi connectivity index (χ3n) is 2.76. The quantitative estimate of drug-likeness (QED) is 0.874. The number of nitriles is 1. The summed E-state index contributed by atoms with van der Waals surface area (Å²) in [6.45, 7) is 1.90. The third kappa shape index (κ3) is 2.11. The topological polar surface area (TPSA) is 71.9 Å². The fourth-order valence-electron chi connectivity index (χ4n) is 1.74. The first-order valence-corrected chi connectivity index (χ1v) is 5.46. The smallest absolute Gasteiger partial charge is 0.126 e. The standard InChI is InChI=1S/C14H13N3O/c1-9-5-11(8-17-14(9)16)12-6-10(7-15)3-4-13(12)18-2/h3-6,8H,1-2H3,(H2,16,17). The summed E-state index contributed by atoms with van der Waals surface area (Å²) in [7, 11) is 1.60. The van der Waals surface area contributed by atoms with E-state index in [9.17, 15) is 0 Å². The van der Waals surface area contributed by atoms with Crippen LogP contribution in [0.5, 0.6) is 5.75 Å². The van der Waals surface area contributed by atoms with Crippen molar-refractivity contribution in [1.82, 2.24) is 4.98 Å². The second kappa shape index (κ2) is 4.76. The van der Waals surface area contributed by atoms with E-state index in [1.807, 2.05) is 13.0 Å². The number of aromatic nitrogens is 1. The molecule has 0 amide bonds. The first-order valence-electron chi connectivity index (χ1n) is 5.46. The number of rotatable bonds is 2. The maximum atomic E-state index is 8.94. The average Bonchev–Trinajstić information content (AvgIpc) is 2.41. The molecule has 1 heterocycles. The largest absolute Gasteiger partial charge is 0.496 e. The highest BCUT2D eigenvalue weighted by atomic mass is 16.5. The van der Waals surface area contributed by atoms with E-state index in [4.69, 9.17) is 15.7 Å². The molecule has 1 aromatic carbocycles. The van der Waals surface area contributed by atoms with Crippen LogP contribution in [0.2, 0.25) is 0 Å². The molecule has 0 radical (unpaired) electrons.